The summed E-state index contributed by atoms with van der Waals surface area (Å²) < 4.78 is 29.6. The number of hydrogen-bond donors (Lipinski definition) is 0. The summed E-state index contributed by atoms with van der Waals surface area (Å²) in [7, 11) is -3.12. The number of nitrogens with zero attached hydrogens (tertiary/aromatic N) is 1. The Kier molecular flexibility index (Phi) is 7.48. The van der Waals surface area contributed by atoms with E-state index in [4.69, 9.17) is 4.74 Å². The molecule has 4 rings (SSSR count). The Bertz CT molecular complexity index is 1080. The van der Waals surface area contributed by atoms with Gasteiger partial charge in [0.1, 0.15) is 0 Å². The second-order valence-corrected chi connectivity index (χ2v) is 11.3. The van der Waals surface area contributed by atoms with E-state index in [1.165, 1.54) is 0 Å². The molecule has 2 aliphatic rings. The van der Waals surface area contributed by atoms with Crippen LogP contribution in [0.5, 0.6) is 0 Å². The maximum atomic E-state index is 13.2. The summed E-state index contributed by atoms with van der Waals surface area (Å²) in [5.41, 5.74) is 2.37. The Balaban J connectivity index is 1.45. The maximum Gasteiger partial charge on any atom is 0.338 e. The van der Waals surface area contributed by atoms with Crippen LogP contribution in [0.25, 0.3) is 0 Å². The van der Waals surface area contributed by atoms with Gasteiger partial charge in [0.25, 0.3) is 5.91 Å². The number of benzene rings is 2. The Labute approximate surface area is 195 Å². The predicted octanol–water partition coefficient (Wildman–Crippen LogP) is 3.78. The van der Waals surface area contributed by atoms with Crippen LogP contribution in [0, 0.1) is 0 Å². The molecule has 7 heteroatoms. The average molecular weight is 470 g/mol. The molecule has 33 heavy (non-hydrogen) atoms. The van der Waals surface area contributed by atoms with Gasteiger partial charge in [-0.15, -0.1) is 0 Å². The molecule has 1 aliphatic heterocycles. The monoisotopic (exact) mass is 469 g/mol. The third kappa shape index (κ3) is 6.02. The van der Waals surface area contributed by atoms with Gasteiger partial charge in [0.2, 0.25) is 0 Å². The summed E-state index contributed by atoms with van der Waals surface area (Å²) in [6.07, 6.45) is 5.98. The van der Waals surface area contributed by atoms with E-state index in [2.05, 4.69) is 0 Å². The van der Waals surface area contributed by atoms with Gasteiger partial charge in [-0.05, 0) is 42.9 Å². The van der Waals surface area contributed by atoms with Gasteiger partial charge in [0, 0.05) is 12.1 Å². The molecule has 0 N–H and O–H groups in total. The predicted molar refractivity (Wildman–Crippen MR) is 127 cm³/mol. The van der Waals surface area contributed by atoms with Crippen molar-refractivity contribution in [1.82, 2.24) is 4.90 Å². The molecule has 1 saturated carbocycles. The van der Waals surface area contributed by atoms with Gasteiger partial charge in [-0.25, -0.2) is 13.2 Å². The van der Waals surface area contributed by atoms with Crippen molar-refractivity contribution in [3.05, 3.63) is 71.3 Å². The van der Waals surface area contributed by atoms with Crippen LogP contribution in [-0.2, 0) is 25.8 Å². The zero-order valence-corrected chi connectivity index (χ0v) is 19.6. The molecule has 2 fully saturated rings. The molecule has 1 amide bonds. The molecule has 1 aliphatic carbocycles. The second kappa shape index (κ2) is 10.5. The lowest BCUT2D eigenvalue weighted by Crippen LogP contribution is -2.50. The number of carbonyl (C=O) groups is 2. The molecule has 1 saturated heterocycles. The Morgan fingerprint density at radius 3 is 2.27 bits per heavy atom. The lowest BCUT2D eigenvalue weighted by atomic mass is 9.93. The fourth-order valence-electron chi connectivity index (χ4n) is 5.03. The number of hydrogen-bond acceptors (Lipinski definition) is 5. The van der Waals surface area contributed by atoms with E-state index in [1.54, 1.807) is 17.0 Å². The zero-order valence-electron chi connectivity index (χ0n) is 18.8. The highest BCUT2D eigenvalue weighted by atomic mass is 32.2. The molecule has 0 unspecified atom stereocenters. The van der Waals surface area contributed by atoms with Crippen molar-refractivity contribution in [3.63, 3.8) is 0 Å². The molecule has 1 heterocycles. The number of amides is 1. The van der Waals surface area contributed by atoms with Gasteiger partial charge in [-0.1, -0.05) is 67.8 Å². The van der Waals surface area contributed by atoms with Gasteiger partial charge in [0.15, 0.2) is 16.4 Å². The molecule has 0 bridgehead atoms. The van der Waals surface area contributed by atoms with Crippen LogP contribution in [0.3, 0.4) is 0 Å². The maximum absolute atomic E-state index is 13.2. The summed E-state index contributed by atoms with van der Waals surface area (Å²) in [4.78, 5) is 27.8. The number of carbonyl (C=O) groups excluding carboxylic acids is 2. The van der Waals surface area contributed by atoms with Crippen molar-refractivity contribution in [2.75, 3.05) is 18.1 Å². The molecule has 0 radical (unpaired) electrons. The number of sulfone groups is 1. The van der Waals surface area contributed by atoms with E-state index in [1.807, 2.05) is 42.5 Å². The molecule has 0 aromatic heterocycles. The van der Waals surface area contributed by atoms with Crippen molar-refractivity contribution in [2.45, 2.75) is 57.0 Å². The van der Waals surface area contributed by atoms with Crippen LogP contribution < -0.4 is 0 Å². The Morgan fingerprint density at radius 2 is 1.58 bits per heavy atom. The molecule has 0 spiro atoms. The fourth-order valence-corrected chi connectivity index (χ4v) is 6.74. The minimum atomic E-state index is -3.12. The van der Waals surface area contributed by atoms with Crippen LogP contribution in [0.1, 0.15) is 60.0 Å². The number of ether oxygens (including phenoxy) is 1. The second-order valence-electron chi connectivity index (χ2n) is 9.05. The first-order chi connectivity index (χ1) is 15.9. The summed E-state index contributed by atoms with van der Waals surface area (Å²) in [6.45, 7) is -0.369. The minimum Gasteiger partial charge on any atom is -0.452 e. The van der Waals surface area contributed by atoms with Crippen molar-refractivity contribution >= 4 is 21.7 Å². The standard InChI is InChI=1S/C26H31NO5S/c28-25(27(22-12-5-2-6-13-22)23-15-16-33(30,31)19-23)18-32-26(29)24-14-8-7-11-21(24)17-20-9-3-1-4-10-20/h1,3-4,7-11,14,22-23H,2,5-6,12-13,15-19H2/t23-/m1/s1. The molecule has 2 aromatic rings. The van der Waals surface area contributed by atoms with Crippen molar-refractivity contribution in [2.24, 2.45) is 0 Å². The van der Waals surface area contributed by atoms with E-state index in [0.29, 0.717) is 18.4 Å². The van der Waals surface area contributed by atoms with E-state index in [0.717, 1.165) is 43.2 Å². The third-order valence-corrected chi connectivity index (χ3v) is 8.41. The van der Waals surface area contributed by atoms with Crippen molar-refractivity contribution in [3.8, 4) is 0 Å². The SMILES string of the molecule is O=C(OCC(=O)N(C1CCCCC1)[C@@H]1CCS(=O)(=O)C1)c1ccccc1Cc1ccccc1. The van der Waals surface area contributed by atoms with E-state index < -0.39 is 15.8 Å². The quantitative estimate of drug-likeness (QED) is 0.577. The van der Waals surface area contributed by atoms with Crippen molar-refractivity contribution < 1.29 is 22.7 Å². The summed E-state index contributed by atoms with van der Waals surface area (Å²) in [6, 6.07) is 16.8. The normalized spacial score (nSPS) is 20.3. The lowest BCUT2D eigenvalue weighted by Gasteiger charge is -2.38. The largest absolute Gasteiger partial charge is 0.452 e. The molecule has 176 valence electrons. The van der Waals surface area contributed by atoms with E-state index >= 15 is 0 Å². The van der Waals surface area contributed by atoms with Gasteiger partial charge in [-0.3, -0.25) is 4.79 Å². The van der Waals surface area contributed by atoms with Gasteiger partial charge in [-0.2, -0.15) is 0 Å². The van der Waals surface area contributed by atoms with Gasteiger partial charge in [0.05, 0.1) is 17.1 Å². The lowest BCUT2D eigenvalue weighted by molar-refractivity contribution is -0.140. The molecule has 6 nitrogen and oxygen atoms in total. The topological polar surface area (TPSA) is 80.8 Å². The van der Waals surface area contributed by atoms with Crippen LogP contribution in [0.2, 0.25) is 0 Å². The van der Waals surface area contributed by atoms with Crippen LogP contribution in [0.4, 0.5) is 0 Å². The number of esters is 1. The first kappa shape index (κ1) is 23.5. The average Bonchev–Trinajstić information content (AvgIpc) is 3.18. The van der Waals surface area contributed by atoms with Crippen LogP contribution >= 0.6 is 0 Å². The zero-order chi connectivity index (χ0) is 23.3. The van der Waals surface area contributed by atoms with Gasteiger partial charge >= 0.3 is 5.97 Å². The Morgan fingerprint density at radius 1 is 0.879 bits per heavy atom. The highest BCUT2D eigenvalue weighted by Crippen LogP contribution is 2.28. The summed E-state index contributed by atoms with van der Waals surface area (Å²) in [5, 5.41) is 0. The number of rotatable bonds is 7. The minimum absolute atomic E-state index is 0.00307. The summed E-state index contributed by atoms with van der Waals surface area (Å²) >= 11 is 0. The van der Waals surface area contributed by atoms with Crippen LogP contribution in [-0.4, -0.2) is 55.4 Å². The highest BCUT2D eigenvalue weighted by molar-refractivity contribution is 7.91. The first-order valence-electron chi connectivity index (χ1n) is 11.7. The fraction of sp³-hybridized carbons (Fsp3) is 0.462. The highest BCUT2D eigenvalue weighted by Gasteiger charge is 2.38. The molecular weight excluding hydrogens is 438 g/mol. The molecular formula is C26H31NO5S. The first-order valence-corrected chi connectivity index (χ1v) is 13.6. The summed E-state index contributed by atoms with van der Waals surface area (Å²) in [5.74, 6) is -0.709. The van der Waals surface area contributed by atoms with E-state index in [-0.39, 0.29) is 36.1 Å². The third-order valence-electron chi connectivity index (χ3n) is 6.66. The van der Waals surface area contributed by atoms with Crippen molar-refractivity contribution in [1.29, 1.82) is 0 Å². The molecule has 2 aromatic carbocycles. The smallest absolute Gasteiger partial charge is 0.338 e. The van der Waals surface area contributed by atoms with Gasteiger partial charge < -0.3 is 9.64 Å². The molecule has 1 atom stereocenters. The Hall–Kier alpha value is -2.67. The van der Waals surface area contributed by atoms with E-state index in [9.17, 15) is 18.0 Å². The van der Waals surface area contributed by atoms with Crippen LogP contribution in [0.15, 0.2) is 54.6 Å².